The van der Waals surface area contributed by atoms with Gasteiger partial charge in [0.25, 0.3) is 0 Å². The lowest BCUT2D eigenvalue weighted by molar-refractivity contribution is -0.134. The number of hydrogen-bond acceptors (Lipinski definition) is 3. The van der Waals surface area contributed by atoms with E-state index >= 15 is 0 Å². The highest BCUT2D eigenvalue weighted by atomic mass is 127. The molecular formula is C6H4INO3. The van der Waals surface area contributed by atoms with Crippen LogP contribution in [0.2, 0.25) is 0 Å². The summed E-state index contributed by atoms with van der Waals surface area (Å²) in [6, 6.07) is 0. The summed E-state index contributed by atoms with van der Waals surface area (Å²) >= 11 is 1.51. The summed E-state index contributed by atoms with van der Waals surface area (Å²) in [7, 11) is 0. The molecule has 0 N–H and O–H groups in total. The van der Waals surface area contributed by atoms with Crippen LogP contribution in [-0.2, 0) is 9.53 Å². The second-order valence-corrected chi connectivity index (χ2v) is 2.79. The molecule has 1 aliphatic heterocycles. The van der Waals surface area contributed by atoms with Gasteiger partial charge in [-0.25, -0.2) is 9.79 Å². The lowest BCUT2D eigenvalue weighted by atomic mass is 10.2. The third-order valence-corrected chi connectivity index (χ3v) is 1.40. The number of hydrogen-bond donors (Lipinski definition) is 0. The number of halogens is 1. The van der Waals surface area contributed by atoms with Crippen molar-refractivity contribution in [2.24, 2.45) is 4.99 Å². The Morgan fingerprint density at radius 3 is 2.73 bits per heavy atom. The zero-order valence-electron chi connectivity index (χ0n) is 5.46. The van der Waals surface area contributed by atoms with E-state index in [1.54, 1.807) is 0 Å². The van der Waals surface area contributed by atoms with Crippen molar-refractivity contribution < 1.29 is 14.3 Å². The molecule has 0 atom stereocenters. The Hall–Kier alpha value is -0.720. The van der Waals surface area contributed by atoms with Gasteiger partial charge in [0.1, 0.15) is 6.61 Å². The molecule has 0 aromatic rings. The van der Waals surface area contributed by atoms with E-state index in [-0.39, 0.29) is 16.1 Å². The third kappa shape index (κ3) is 1.86. The fourth-order valence-electron chi connectivity index (χ4n) is 0.632. The average molecular weight is 265 g/mol. The van der Waals surface area contributed by atoms with Gasteiger partial charge in [0.15, 0.2) is 0 Å². The fraction of sp³-hybridized carbons (Fsp3) is 0.167. The fourth-order valence-corrected chi connectivity index (χ4v) is 0.923. The van der Waals surface area contributed by atoms with Crippen molar-refractivity contribution in [2.75, 3.05) is 6.61 Å². The Morgan fingerprint density at radius 2 is 2.36 bits per heavy atom. The molecule has 0 aromatic carbocycles. The standard InChI is InChI=1S/C6H4INO3/c1-3-4(8-6(7)10)2-11-5(3)9/h1-2H2/b8-4-. The number of carbonyl (C=O) groups excluding carboxylic acids is 2. The van der Waals surface area contributed by atoms with E-state index in [4.69, 9.17) is 0 Å². The number of aliphatic imine (C=N–C) groups is 1. The first kappa shape index (κ1) is 8.38. The van der Waals surface area contributed by atoms with Crippen LogP contribution >= 0.6 is 22.6 Å². The number of carbonyl (C=O) groups is 2. The van der Waals surface area contributed by atoms with Gasteiger partial charge in [0.05, 0.1) is 11.3 Å². The van der Waals surface area contributed by atoms with Gasteiger partial charge in [-0.2, -0.15) is 0 Å². The maximum atomic E-state index is 10.6. The molecule has 1 amide bonds. The van der Waals surface area contributed by atoms with Crippen molar-refractivity contribution in [3.8, 4) is 0 Å². The van der Waals surface area contributed by atoms with Gasteiger partial charge in [-0.1, -0.05) is 6.58 Å². The molecule has 1 aliphatic rings. The van der Waals surface area contributed by atoms with Crippen LogP contribution in [0.5, 0.6) is 0 Å². The lowest BCUT2D eigenvalue weighted by Crippen LogP contribution is -2.01. The minimum Gasteiger partial charge on any atom is -0.456 e. The molecule has 1 saturated heterocycles. The minimum atomic E-state index is -0.499. The van der Waals surface area contributed by atoms with Crippen LogP contribution in [0, 0.1) is 0 Å². The first-order valence-corrected chi connectivity index (χ1v) is 3.82. The molecule has 0 unspecified atom stereocenters. The highest BCUT2D eigenvalue weighted by Gasteiger charge is 2.24. The summed E-state index contributed by atoms with van der Waals surface area (Å²) in [6.07, 6.45) is 0. The molecule has 0 radical (unpaired) electrons. The zero-order chi connectivity index (χ0) is 8.43. The van der Waals surface area contributed by atoms with Crippen molar-refractivity contribution >= 4 is 38.2 Å². The van der Waals surface area contributed by atoms with Gasteiger partial charge in [0.2, 0.25) is 0 Å². The minimum absolute atomic E-state index is 0.0619. The van der Waals surface area contributed by atoms with E-state index in [0.717, 1.165) is 0 Å². The summed E-state index contributed by atoms with van der Waals surface area (Å²) in [5.41, 5.74) is 0.504. The topological polar surface area (TPSA) is 55.7 Å². The molecule has 11 heavy (non-hydrogen) atoms. The van der Waals surface area contributed by atoms with Crippen LogP contribution in [0.4, 0.5) is 4.79 Å². The summed E-state index contributed by atoms with van der Waals surface area (Å²) in [5.74, 6) is -0.499. The predicted molar refractivity (Wildman–Crippen MR) is 47.0 cm³/mol. The molecule has 0 aromatic heterocycles. The van der Waals surface area contributed by atoms with Gasteiger partial charge in [-0.15, -0.1) is 0 Å². The van der Waals surface area contributed by atoms with Crippen LogP contribution in [-0.4, -0.2) is 22.2 Å². The van der Waals surface area contributed by atoms with Crippen molar-refractivity contribution in [1.82, 2.24) is 0 Å². The van der Waals surface area contributed by atoms with Crippen molar-refractivity contribution in [1.29, 1.82) is 0 Å². The monoisotopic (exact) mass is 265 g/mol. The Labute approximate surface area is 76.5 Å². The molecular weight excluding hydrogens is 261 g/mol. The summed E-state index contributed by atoms with van der Waals surface area (Å²) in [5, 5.41) is 0. The maximum absolute atomic E-state index is 10.6. The van der Waals surface area contributed by atoms with Gasteiger partial charge in [0, 0.05) is 22.6 Å². The van der Waals surface area contributed by atoms with Crippen molar-refractivity contribution in [2.45, 2.75) is 0 Å². The smallest absolute Gasteiger partial charge is 0.339 e. The molecule has 4 nitrogen and oxygen atoms in total. The molecule has 0 bridgehead atoms. The predicted octanol–water partition coefficient (Wildman–Crippen LogP) is 1.10. The van der Waals surface area contributed by atoms with Crippen LogP contribution < -0.4 is 0 Å². The SMILES string of the molecule is C=C1C(=O)OC/C1=N/C(=O)I. The first-order valence-electron chi connectivity index (χ1n) is 2.74. The van der Waals surface area contributed by atoms with E-state index in [2.05, 4.69) is 16.3 Å². The average Bonchev–Trinajstić information content (AvgIpc) is 2.18. The van der Waals surface area contributed by atoms with Crippen LogP contribution in [0.25, 0.3) is 0 Å². The maximum Gasteiger partial charge on any atom is 0.339 e. The molecule has 58 valence electrons. The second-order valence-electron chi connectivity index (χ2n) is 1.87. The number of amides is 1. The molecule has 0 saturated carbocycles. The van der Waals surface area contributed by atoms with Crippen LogP contribution in [0.3, 0.4) is 0 Å². The molecule has 0 spiro atoms. The number of rotatable bonds is 0. The normalized spacial score (nSPS) is 20.6. The second kappa shape index (κ2) is 3.12. The lowest BCUT2D eigenvalue weighted by Gasteiger charge is -1.86. The quantitative estimate of drug-likeness (QED) is 0.216. The molecule has 1 rings (SSSR count). The van der Waals surface area contributed by atoms with Crippen molar-refractivity contribution in [3.05, 3.63) is 12.2 Å². The van der Waals surface area contributed by atoms with E-state index in [9.17, 15) is 9.59 Å². The molecule has 5 heteroatoms. The highest BCUT2D eigenvalue weighted by Crippen LogP contribution is 2.09. The Balaban J connectivity index is 2.85. The zero-order valence-corrected chi connectivity index (χ0v) is 7.62. The van der Waals surface area contributed by atoms with Crippen LogP contribution in [0.1, 0.15) is 0 Å². The number of esters is 1. The third-order valence-electron chi connectivity index (χ3n) is 1.16. The van der Waals surface area contributed by atoms with Crippen molar-refractivity contribution in [3.63, 3.8) is 0 Å². The molecule has 1 fully saturated rings. The van der Waals surface area contributed by atoms with Gasteiger partial charge in [-0.3, -0.25) is 4.79 Å². The van der Waals surface area contributed by atoms with E-state index < -0.39 is 5.97 Å². The van der Waals surface area contributed by atoms with Crippen LogP contribution in [0.15, 0.2) is 17.1 Å². The summed E-state index contributed by atoms with van der Waals surface area (Å²) in [4.78, 5) is 24.6. The van der Waals surface area contributed by atoms with Gasteiger partial charge >= 0.3 is 9.88 Å². The Bertz CT molecular complexity index is 269. The van der Waals surface area contributed by atoms with E-state index in [1.807, 2.05) is 0 Å². The molecule has 1 heterocycles. The summed E-state index contributed by atoms with van der Waals surface area (Å²) < 4.78 is 4.18. The van der Waals surface area contributed by atoms with E-state index in [0.29, 0.717) is 5.71 Å². The summed E-state index contributed by atoms with van der Waals surface area (Å²) in [6.45, 7) is 3.47. The Kier molecular flexibility index (Phi) is 2.38. The Morgan fingerprint density at radius 1 is 1.73 bits per heavy atom. The molecule has 0 aliphatic carbocycles. The van der Waals surface area contributed by atoms with Gasteiger partial charge < -0.3 is 4.74 Å². The number of cyclic esters (lactones) is 1. The number of nitrogens with zero attached hydrogens (tertiary/aromatic N) is 1. The van der Waals surface area contributed by atoms with Gasteiger partial charge in [-0.05, 0) is 0 Å². The van der Waals surface area contributed by atoms with E-state index in [1.165, 1.54) is 22.6 Å². The largest absolute Gasteiger partial charge is 0.456 e. The number of ether oxygens (including phenoxy) is 1. The first-order chi connectivity index (χ1) is 5.11. The highest BCUT2D eigenvalue weighted by molar-refractivity contribution is 14.1.